The number of nitrogens with one attached hydrogen (secondary N) is 1. The summed E-state index contributed by atoms with van der Waals surface area (Å²) in [7, 11) is 0. The van der Waals surface area contributed by atoms with Gasteiger partial charge in [-0.15, -0.1) is 0 Å². The number of aliphatic hydroxyl groups is 2. The third kappa shape index (κ3) is 3.75. The van der Waals surface area contributed by atoms with Crippen LogP contribution in [0.4, 0.5) is 8.78 Å². The fourth-order valence-electron chi connectivity index (χ4n) is 2.76. The molecule has 0 aliphatic heterocycles. The minimum absolute atomic E-state index is 0.0141. The molecule has 20 heavy (non-hydrogen) atoms. The number of halogens is 2. The van der Waals surface area contributed by atoms with Gasteiger partial charge in [0.25, 0.3) is 0 Å². The van der Waals surface area contributed by atoms with Crippen LogP contribution < -0.4 is 5.32 Å². The van der Waals surface area contributed by atoms with Crippen LogP contribution in [0, 0.1) is 11.6 Å². The smallest absolute Gasteiger partial charge is 0.131 e. The van der Waals surface area contributed by atoms with Gasteiger partial charge in [-0.05, 0) is 25.0 Å². The van der Waals surface area contributed by atoms with Crippen molar-refractivity contribution in [3.8, 4) is 0 Å². The summed E-state index contributed by atoms with van der Waals surface area (Å²) in [6, 6.07) is 3.51. The summed E-state index contributed by atoms with van der Waals surface area (Å²) in [4.78, 5) is 0. The SMILES string of the molecule is OC(CNCC1(O)CCCCC1)c1c(F)cccc1F. The van der Waals surface area contributed by atoms with Crippen LogP contribution in [0.1, 0.15) is 43.8 Å². The van der Waals surface area contributed by atoms with E-state index in [1.54, 1.807) is 0 Å². The Kier molecular flexibility index (Phi) is 5.07. The van der Waals surface area contributed by atoms with Crippen LogP contribution >= 0.6 is 0 Å². The molecule has 1 atom stereocenters. The zero-order valence-electron chi connectivity index (χ0n) is 11.4. The van der Waals surface area contributed by atoms with E-state index < -0.39 is 23.3 Å². The molecule has 3 N–H and O–H groups in total. The number of hydrogen-bond donors (Lipinski definition) is 3. The molecule has 1 saturated carbocycles. The number of aliphatic hydroxyl groups excluding tert-OH is 1. The standard InChI is InChI=1S/C15H21F2NO2/c16-11-5-4-6-12(17)14(11)13(19)9-18-10-15(20)7-2-1-3-8-15/h4-6,13,18-20H,1-3,7-10H2. The molecule has 112 valence electrons. The largest absolute Gasteiger partial charge is 0.389 e. The lowest BCUT2D eigenvalue weighted by molar-refractivity contribution is 0.00251. The minimum atomic E-state index is -1.26. The predicted octanol–water partition coefficient (Wildman–Crippen LogP) is 2.28. The molecule has 0 saturated heterocycles. The van der Waals surface area contributed by atoms with Gasteiger partial charge in [0.1, 0.15) is 11.6 Å². The van der Waals surface area contributed by atoms with Gasteiger partial charge in [0.05, 0.1) is 17.3 Å². The Labute approximate surface area is 117 Å². The van der Waals surface area contributed by atoms with Gasteiger partial charge >= 0.3 is 0 Å². The molecule has 0 heterocycles. The molecule has 1 aromatic rings. The lowest BCUT2D eigenvalue weighted by Crippen LogP contribution is -2.43. The maximum Gasteiger partial charge on any atom is 0.131 e. The fourth-order valence-corrected chi connectivity index (χ4v) is 2.76. The Morgan fingerprint density at radius 2 is 1.75 bits per heavy atom. The molecule has 1 aromatic carbocycles. The van der Waals surface area contributed by atoms with Gasteiger partial charge in [0, 0.05) is 13.1 Å². The lowest BCUT2D eigenvalue weighted by atomic mass is 9.85. The van der Waals surface area contributed by atoms with Crippen LogP contribution in [0.5, 0.6) is 0 Å². The molecule has 0 radical (unpaired) electrons. The average Bonchev–Trinajstić information content (AvgIpc) is 2.39. The summed E-state index contributed by atoms with van der Waals surface area (Å²) in [5.41, 5.74) is -1.08. The molecule has 1 fully saturated rings. The Morgan fingerprint density at radius 3 is 2.35 bits per heavy atom. The molecule has 0 spiro atoms. The molecule has 0 amide bonds. The van der Waals surface area contributed by atoms with E-state index in [9.17, 15) is 19.0 Å². The van der Waals surface area contributed by atoms with Crippen LogP contribution in [-0.2, 0) is 0 Å². The highest BCUT2D eigenvalue weighted by atomic mass is 19.1. The van der Waals surface area contributed by atoms with Crippen LogP contribution in [-0.4, -0.2) is 28.9 Å². The van der Waals surface area contributed by atoms with Gasteiger partial charge in [-0.25, -0.2) is 8.78 Å². The van der Waals surface area contributed by atoms with E-state index in [4.69, 9.17) is 0 Å². The summed E-state index contributed by atoms with van der Waals surface area (Å²) in [5, 5.41) is 23.1. The van der Waals surface area contributed by atoms with Crippen molar-refractivity contribution >= 4 is 0 Å². The first kappa shape index (κ1) is 15.4. The fraction of sp³-hybridized carbons (Fsp3) is 0.600. The third-order valence-electron chi connectivity index (χ3n) is 3.91. The van der Waals surface area contributed by atoms with E-state index in [0.29, 0.717) is 6.54 Å². The van der Waals surface area contributed by atoms with E-state index in [-0.39, 0.29) is 12.1 Å². The first-order valence-corrected chi connectivity index (χ1v) is 7.07. The van der Waals surface area contributed by atoms with Crippen molar-refractivity contribution in [3.05, 3.63) is 35.4 Å². The summed E-state index contributed by atoms with van der Waals surface area (Å²) in [6.07, 6.45) is 3.30. The van der Waals surface area contributed by atoms with E-state index in [1.165, 1.54) is 6.07 Å². The van der Waals surface area contributed by atoms with E-state index in [1.807, 2.05) is 0 Å². The minimum Gasteiger partial charge on any atom is -0.389 e. The van der Waals surface area contributed by atoms with Crippen molar-refractivity contribution in [1.29, 1.82) is 0 Å². The average molecular weight is 285 g/mol. The van der Waals surface area contributed by atoms with Crippen LogP contribution in [0.15, 0.2) is 18.2 Å². The van der Waals surface area contributed by atoms with Crippen LogP contribution in [0.2, 0.25) is 0 Å². The normalized spacial score (nSPS) is 19.8. The van der Waals surface area contributed by atoms with E-state index >= 15 is 0 Å². The first-order chi connectivity index (χ1) is 9.52. The zero-order chi connectivity index (χ0) is 14.6. The monoisotopic (exact) mass is 285 g/mol. The molecule has 2 rings (SSSR count). The van der Waals surface area contributed by atoms with Crippen molar-refractivity contribution in [2.45, 2.75) is 43.8 Å². The second kappa shape index (κ2) is 6.61. The van der Waals surface area contributed by atoms with Crippen molar-refractivity contribution in [1.82, 2.24) is 5.32 Å². The van der Waals surface area contributed by atoms with Gasteiger partial charge < -0.3 is 15.5 Å². The lowest BCUT2D eigenvalue weighted by Gasteiger charge is -2.32. The van der Waals surface area contributed by atoms with Crippen LogP contribution in [0.3, 0.4) is 0 Å². The Morgan fingerprint density at radius 1 is 1.15 bits per heavy atom. The Bertz CT molecular complexity index is 427. The Balaban J connectivity index is 1.87. The quantitative estimate of drug-likeness (QED) is 0.778. The van der Waals surface area contributed by atoms with Crippen molar-refractivity contribution in [2.24, 2.45) is 0 Å². The molecule has 1 unspecified atom stereocenters. The third-order valence-corrected chi connectivity index (χ3v) is 3.91. The van der Waals surface area contributed by atoms with Crippen molar-refractivity contribution < 1.29 is 19.0 Å². The maximum absolute atomic E-state index is 13.5. The molecule has 1 aliphatic carbocycles. The topological polar surface area (TPSA) is 52.5 Å². The molecule has 0 bridgehead atoms. The highest BCUT2D eigenvalue weighted by molar-refractivity contribution is 5.22. The number of rotatable bonds is 5. The van der Waals surface area contributed by atoms with Gasteiger partial charge in [0.2, 0.25) is 0 Å². The van der Waals surface area contributed by atoms with Crippen LogP contribution in [0.25, 0.3) is 0 Å². The van der Waals surface area contributed by atoms with Crippen molar-refractivity contribution in [3.63, 3.8) is 0 Å². The predicted molar refractivity (Wildman–Crippen MR) is 72.2 cm³/mol. The first-order valence-electron chi connectivity index (χ1n) is 7.07. The molecular formula is C15H21F2NO2. The molecule has 0 aromatic heterocycles. The summed E-state index contributed by atoms with van der Waals surface area (Å²) in [6.45, 7) is 0.348. The Hall–Kier alpha value is -1.04. The molecule has 5 heteroatoms. The maximum atomic E-state index is 13.5. The summed E-state index contributed by atoms with van der Waals surface area (Å²) in [5.74, 6) is -1.51. The second-order valence-electron chi connectivity index (χ2n) is 5.57. The summed E-state index contributed by atoms with van der Waals surface area (Å²) < 4.78 is 27.0. The second-order valence-corrected chi connectivity index (χ2v) is 5.57. The molecule has 1 aliphatic rings. The van der Waals surface area contributed by atoms with Gasteiger partial charge in [-0.3, -0.25) is 0 Å². The van der Waals surface area contributed by atoms with E-state index in [2.05, 4.69) is 5.32 Å². The van der Waals surface area contributed by atoms with Gasteiger partial charge in [-0.1, -0.05) is 25.3 Å². The van der Waals surface area contributed by atoms with Crippen molar-refractivity contribution in [2.75, 3.05) is 13.1 Å². The van der Waals surface area contributed by atoms with Gasteiger partial charge in [-0.2, -0.15) is 0 Å². The summed E-state index contributed by atoms with van der Waals surface area (Å²) >= 11 is 0. The van der Waals surface area contributed by atoms with Gasteiger partial charge in [0.15, 0.2) is 0 Å². The number of benzene rings is 1. The number of hydrogen-bond acceptors (Lipinski definition) is 3. The highest BCUT2D eigenvalue weighted by Gasteiger charge is 2.29. The van der Waals surface area contributed by atoms with E-state index in [0.717, 1.165) is 44.2 Å². The zero-order valence-corrected chi connectivity index (χ0v) is 11.4. The molecule has 3 nitrogen and oxygen atoms in total. The highest BCUT2D eigenvalue weighted by Crippen LogP contribution is 2.27. The molecular weight excluding hydrogens is 264 g/mol.